The van der Waals surface area contributed by atoms with E-state index in [-0.39, 0.29) is 0 Å². The minimum Gasteiger partial charge on any atom is -0.126 e. The zero-order valence-corrected chi connectivity index (χ0v) is 8.56. The van der Waals surface area contributed by atoms with Crippen LogP contribution in [0.3, 0.4) is 0 Å². The van der Waals surface area contributed by atoms with E-state index in [0.717, 1.165) is 18.3 Å². The molecular weight excluding hydrogens is 144 g/mol. The molecule has 0 aliphatic heterocycles. The van der Waals surface area contributed by atoms with Crippen LogP contribution < -0.4 is 0 Å². The molecular formula is C12H20. The van der Waals surface area contributed by atoms with Gasteiger partial charge in [0.1, 0.15) is 0 Å². The summed E-state index contributed by atoms with van der Waals surface area (Å²) in [6, 6.07) is 0. The molecule has 0 aromatic carbocycles. The van der Waals surface area contributed by atoms with Gasteiger partial charge in [0, 0.05) is 0 Å². The van der Waals surface area contributed by atoms with Crippen LogP contribution in [0.1, 0.15) is 46.5 Å². The van der Waals surface area contributed by atoms with Gasteiger partial charge in [-0.25, -0.2) is 0 Å². The largest absolute Gasteiger partial charge is 0.126 e. The maximum Gasteiger partial charge on any atom is -0.00834 e. The Balaban J connectivity index is 2.20. The first-order valence-electron chi connectivity index (χ1n) is 5.18. The number of rotatable bonds is 4. The van der Waals surface area contributed by atoms with Crippen molar-refractivity contribution in [1.29, 1.82) is 0 Å². The van der Waals surface area contributed by atoms with Gasteiger partial charge >= 0.3 is 0 Å². The molecule has 1 aliphatic rings. The van der Waals surface area contributed by atoms with E-state index in [2.05, 4.69) is 32.6 Å². The molecule has 0 radical (unpaired) electrons. The molecule has 1 rings (SSSR count). The van der Waals surface area contributed by atoms with E-state index in [1.165, 1.54) is 19.3 Å². The van der Waals surface area contributed by atoms with Crippen molar-refractivity contribution in [3.05, 3.63) is 17.4 Å². The van der Waals surface area contributed by atoms with Gasteiger partial charge in [-0.3, -0.25) is 0 Å². The molecule has 0 heteroatoms. The van der Waals surface area contributed by atoms with Crippen LogP contribution in [0.5, 0.6) is 0 Å². The first-order chi connectivity index (χ1) is 5.74. The molecule has 0 nitrogen and oxygen atoms in total. The maximum absolute atomic E-state index is 3.37. The molecule has 0 amide bonds. The van der Waals surface area contributed by atoms with E-state index in [0.29, 0.717) is 0 Å². The van der Waals surface area contributed by atoms with Gasteiger partial charge in [0.05, 0.1) is 0 Å². The van der Waals surface area contributed by atoms with E-state index in [1.54, 1.807) is 5.57 Å². The van der Waals surface area contributed by atoms with Crippen molar-refractivity contribution in [2.24, 2.45) is 11.8 Å². The van der Waals surface area contributed by atoms with Gasteiger partial charge in [-0.05, 0) is 42.7 Å². The Hall–Kier alpha value is -0.480. The average Bonchev–Trinajstić information content (AvgIpc) is 2.76. The lowest BCUT2D eigenvalue weighted by molar-refractivity contribution is 0.534. The van der Waals surface area contributed by atoms with Gasteiger partial charge < -0.3 is 0 Å². The predicted octanol–water partition coefficient (Wildman–Crippen LogP) is 3.93. The molecule has 1 atom stereocenters. The van der Waals surface area contributed by atoms with Gasteiger partial charge in [0.2, 0.25) is 0 Å². The van der Waals surface area contributed by atoms with Crippen molar-refractivity contribution in [2.75, 3.05) is 0 Å². The van der Waals surface area contributed by atoms with Crippen LogP contribution in [-0.2, 0) is 0 Å². The first kappa shape index (κ1) is 9.61. The molecule has 0 N–H and O–H groups in total. The first-order valence-corrected chi connectivity index (χ1v) is 5.18. The van der Waals surface area contributed by atoms with Crippen LogP contribution in [0.2, 0.25) is 0 Å². The predicted molar refractivity (Wildman–Crippen MR) is 54.1 cm³/mol. The maximum atomic E-state index is 3.37. The van der Waals surface area contributed by atoms with E-state index in [1.807, 2.05) is 0 Å². The second-order valence-corrected chi connectivity index (χ2v) is 4.15. The summed E-state index contributed by atoms with van der Waals surface area (Å²) < 4.78 is 0. The Bertz CT molecular complexity index is 192. The number of allylic oxidation sites excluding steroid dienone is 1. The summed E-state index contributed by atoms with van der Waals surface area (Å²) in [5.41, 5.74) is 4.94. The highest BCUT2D eigenvalue weighted by atomic mass is 14.3. The van der Waals surface area contributed by atoms with Crippen LogP contribution in [0.15, 0.2) is 17.4 Å². The van der Waals surface area contributed by atoms with Gasteiger partial charge in [-0.2, -0.15) is 0 Å². The normalized spacial score (nSPS) is 21.0. The van der Waals surface area contributed by atoms with Gasteiger partial charge in [-0.1, -0.05) is 27.2 Å². The summed E-state index contributed by atoms with van der Waals surface area (Å²) in [5.74, 6) is 1.76. The Morgan fingerprint density at radius 3 is 2.92 bits per heavy atom. The van der Waals surface area contributed by atoms with E-state index >= 15 is 0 Å². The fraction of sp³-hybridized carbons (Fsp3) is 0.750. The number of hydrogen-bond acceptors (Lipinski definition) is 0. The Kier molecular flexibility index (Phi) is 3.62. The molecule has 0 saturated heterocycles. The summed E-state index contributed by atoms with van der Waals surface area (Å²) in [5, 5.41) is 0. The summed E-state index contributed by atoms with van der Waals surface area (Å²) in [4.78, 5) is 0. The third-order valence-electron chi connectivity index (χ3n) is 2.38. The smallest absolute Gasteiger partial charge is 0.00834 e. The van der Waals surface area contributed by atoms with Gasteiger partial charge in [0.25, 0.3) is 0 Å². The van der Waals surface area contributed by atoms with Crippen LogP contribution in [-0.4, -0.2) is 0 Å². The lowest BCUT2D eigenvalue weighted by atomic mass is 10.1. The molecule has 1 saturated carbocycles. The van der Waals surface area contributed by atoms with Crippen molar-refractivity contribution in [3.8, 4) is 0 Å². The summed E-state index contributed by atoms with van der Waals surface area (Å²) in [6.45, 7) is 6.76. The van der Waals surface area contributed by atoms with Crippen LogP contribution >= 0.6 is 0 Å². The molecule has 0 bridgehead atoms. The third-order valence-corrected chi connectivity index (χ3v) is 2.38. The average molecular weight is 164 g/mol. The quantitative estimate of drug-likeness (QED) is 0.552. The van der Waals surface area contributed by atoms with Crippen molar-refractivity contribution in [2.45, 2.75) is 46.5 Å². The van der Waals surface area contributed by atoms with E-state index in [4.69, 9.17) is 0 Å². The zero-order valence-electron chi connectivity index (χ0n) is 8.56. The molecule has 1 fully saturated rings. The highest BCUT2D eigenvalue weighted by molar-refractivity contribution is 5.22. The Morgan fingerprint density at radius 2 is 2.33 bits per heavy atom. The Labute approximate surface area is 76.4 Å². The molecule has 12 heavy (non-hydrogen) atoms. The standard InChI is InChI=1S/C12H20/c1-4-5-6-11-9-12(11)8-7-10(2)3/h5,10,12H,4,7-9H2,1-3H3. The second-order valence-electron chi connectivity index (χ2n) is 4.15. The van der Waals surface area contributed by atoms with Crippen molar-refractivity contribution < 1.29 is 0 Å². The van der Waals surface area contributed by atoms with E-state index in [9.17, 15) is 0 Å². The van der Waals surface area contributed by atoms with Crippen molar-refractivity contribution in [1.82, 2.24) is 0 Å². The molecule has 0 heterocycles. The van der Waals surface area contributed by atoms with E-state index < -0.39 is 0 Å². The van der Waals surface area contributed by atoms with Crippen LogP contribution in [0.4, 0.5) is 0 Å². The number of hydrogen-bond donors (Lipinski definition) is 0. The molecule has 1 unspecified atom stereocenters. The van der Waals surface area contributed by atoms with Gasteiger partial charge in [0.15, 0.2) is 0 Å². The fourth-order valence-corrected chi connectivity index (χ4v) is 1.43. The minimum absolute atomic E-state index is 0.863. The molecule has 0 aromatic heterocycles. The lowest BCUT2D eigenvalue weighted by Crippen LogP contribution is -1.87. The SMILES string of the molecule is CCC=C=C1CC1CCC(C)C. The molecule has 0 aromatic rings. The van der Waals surface area contributed by atoms with Crippen LogP contribution in [0.25, 0.3) is 0 Å². The molecule has 1 aliphatic carbocycles. The fourth-order valence-electron chi connectivity index (χ4n) is 1.43. The van der Waals surface area contributed by atoms with Crippen LogP contribution in [0, 0.1) is 11.8 Å². The van der Waals surface area contributed by atoms with Crippen molar-refractivity contribution >= 4 is 0 Å². The molecule has 68 valence electrons. The van der Waals surface area contributed by atoms with Gasteiger partial charge in [-0.15, -0.1) is 5.73 Å². The highest BCUT2D eigenvalue weighted by Crippen LogP contribution is 2.41. The zero-order chi connectivity index (χ0) is 8.97. The Morgan fingerprint density at radius 1 is 1.58 bits per heavy atom. The summed E-state index contributed by atoms with van der Waals surface area (Å²) in [7, 11) is 0. The monoisotopic (exact) mass is 164 g/mol. The summed E-state index contributed by atoms with van der Waals surface area (Å²) >= 11 is 0. The second kappa shape index (κ2) is 4.52. The van der Waals surface area contributed by atoms with Crippen molar-refractivity contribution in [3.63, 3.8) is 0 Å². The molecule has 0 spiro atoms. The topological polar surface area (TPSA) is 0 Å². The summed E-state index contributed by atoms with van der Waals surface area (Å²) in [6.07, 6.45) is 7.37. The third kappa shape index (κ3) is 3.28. The lowest BCUT2D eigenvalue weighted by Gasteiger charge is -2.00. The highest BCUT2D eigenvalue weighted by Gasteiger charge is 2.28. The minimum atomic E-state index is 0.863.